The Morgan fingerprint density at radius 2 is 2.00 bits per heavy atom. The van der Waals surface area contributed by atoms with Crippen LogP contribution in [0.25, 0.3) is 0 Å². The number of nitrogens with one attached hydrogen (secondary N) is 1. The highest BCUT2D eigenvalue weighted by Crippen LogP contribution is 2.14. The van der Waals surface area contributed by atoms with Crippen molar-refractivity contribution in [3.8, 4) is 5.75 Å². The zero-order chi connectivity index (χ0) is 18.2. The Labute approximate surface area is 147 Å². The molecule has 2 N–H and O–H groups in total. The van der Waals surface area contributed by atoms with Crippen LogP contribution in [0.15, 0.2) is 24.3 Å². The smallest absolute Gasteiger partial charge is 0.248 e. The van der Waals surface area contributed by atoms with Crippen LogP contribution in [0.5, 0.6) is 5.75 Å². The third-order valence-electron chi connectivity index (χ3n) is 4.35. The largest absolute Gasteiger partial charge is 0.497 e. The standard InChI is InChI=1S/C18H26N2O5/c1-24-12-18(23)20-10-9-15(16(21)11-20)19-17(22)8-5-13-3-6-14(25-2)7-4-13/h3-4,6-7,15-16,21H,5,8-12H2,1-2H3,(H,19,22)/t15-,16-/m1/s1. The molecule has 1 fully saturated rings. The predicted molar refractivity (Wildman–Crippen MR) is 92.3 cm³/mol. The van der Waals surface area contributed by atoms with Gasteiger partial charge in [-0.1, -0.05) is 12.1 Å². The van der Waals surface area contributed by atoms with E-state index in [4.69, 9.17) is 9.47 Å². The Bertz CT molecular complexity index is 575. The van der Waals surface area contributed by atoms with Gasteiger partial charge in [-0.05, 0) is 30.5 Å². The van der Waals surface area contributed by atoms with Crippen molar-refractivity contribution in [1.29, 1.82) is 0 Å². The number of likely N-dealkylation sites (tertiary alicyclic amines) is 1. The van der Waals surface area contributed by atoms with Gasteiger partial charge in [-0.3, -0.25) is 9.59 Å². The first-order valence-corrected chi connectivity index (χ1v) is 8.40. The van der Waals surface area contributed by atoms with E-state index in [1.807, 2.05) is 24.3 Å². The van der Waals surface area contributed by atoms with Crippen molar-refractivity contribution in [2.45, 2.75) is 31.4 Å². The molecular weight excluding hydrogens is 324 g/mol. The molecule has 1 saturated heterocycles. The molecule has 0 bridgehead atoms. The van der Waals surface area contributed by atoms with Gasteiger partial charge in [-0.2, -0.15) is 0 Å². The summed E-state index contributed by atoms with van der Waals surface area (Å²) in [5, 5.41) is 13.1. The number of methoxy groups -OCH3 is 2. The monoisotopic (exact) mass is 350 g/mol. The molecule has 0 radical (unpaired) electrons. The van der Waals surface area contributed by atoms with Crippen LogP contribution in [0.4, 0.5) is 0 Å². The molecule has 0 saturated carbocycles. The third-order valence-corrected chi connectivity index (χ3v) is 4.35. The molecule has 0 aliphatic carbocycles. The van der Waals surface area contributed by atoms with Gasteiger partial charge in [0.2, 0.25) is 11.8 Å². The molecule has 7 heteroatoms. The molecule has 1 aromatic rings. The highest BCUT2D eigenvalue weighted by molar-refractivity contribution is 5.78. The number of piperidine rings is 1. The van der Waals surface area contributed by atoms with E-state index in [2.05, 4.69) is 5.32 Å². The molecule has 25 heavy (non-hydrogen) atoms. The predicted octanol–water partition coefficient (Wildman–Crippen LogP) is 0.352. The van der Waals surface area contributed by atoms with Crippen molar-refractivity contribution in [2.24, 2.45) is 0 Å². The molecule has 1 aliphatic rings. The lowest BCUT2D eigenvalue weighted by Gasteiger charge is -2.36. The molecule has 2 atom stereocenters. The minimum absolute atomic E-state index is 0.00556. The molecule has 2 amide bonds. The Morgan fingerprint density at radius 3 is 2.60 bits per heavy atom. The first-order chi connectivity index (χ1) is 12.0. The van der Waals surface area contributed by atoms with E-state index in [1.54, 1.807) is 12.0 Å². The van der Waals surface area contributed by atoms with E-state index >= 15 is 0 Å². The van der Waals surface area contributed by atoms with Crippen LogP contribution in [-0.2, 0) is 20.7 Å². The molecule has 1 heterocycles. The summed E-state index contributed by atoms with van der Waals surface area (Å²) in [5.74, 6) is 0.536. The average molecular weight is 350 g/mol. The minimum Gasteiger partial charge on any atom is -0.497 e. The van der Waals surface area contributed by atoms with Crippen LogP contribution in [0.1, 0.15) is 18.4 Å². The van der Waals surface area contributed by atoms with Crippen molar-refractivity contribution in [3.05, 3.63) is 29.8 Å². The molecule has 2 rings (SSSR count). The first-order valence-electron chi connectivity index (χ1n) is 8.40. The summed E-state index contributed by atoms with van der Waals surface area (Å²) in [5.41, 5.74) is 1.05. The van der Waals surface area contributed by atoms with Crippen molar-refractivity contribution in [3.63, 3.8) is 0 Å². The molecule has 1 aromatic carbocycles. The normalized spacial score (nSPS) is 20.2. The highest BCUT2D eigenvalue weighted by Gasteiger charge is 2.30. The van der Waals surface area contributed by atoms with E-state index in [1.165, 1.54) is 7.11 Å². The van der Waals surface area contributed by atoms with Crippen LogP contribution >= 0.6 is 0 Å². The van der Waals surface area contributed by atoms with Gasteiger partial charge >= 0.3 is 0 Å². The van der Waals surface area contributed by atoms with Gasteiger partial charge in [0.1, 0.15) is 12.4 Å². The van der Waals surface area contributed by atoms with Gasteiger partial charge in [0.15, 0.2) is 0 Å². The lowest BCUT2D eigenvalue weighted by molar-refractivity contribution is -0.139. The summed E-state index contributed by atoms with van der Waals surface area (Å²) in [7, 11) is 3.08. The second-order valence-electron chi connectivity index (χ2n) is 6.15. The van der Waals surface area contributed by atoms with Crippen LogP contribution in [0.2, 0.25) is 0 Å². The number of aryl methyl sites for hydroxylation is 1. The lowest BCUT2D eigenvalue weighted by Crippen LogP contribution is -2.55. The highest BCUT2D eigenvalue weighted by atomic mass is 16.5. The van der Waals surface area contributed by atoms with Crippen molar-refractivity contribution >= 4 is 11.8 Å². The van der Waals surface area contributed by atoms with Crippen molar-refractivity contribution in [2.75, 3.05) is 33.9 Å². The number of benzene rings is 1. The zero-order valence-electron chi connectivity index (χ0n) is 14.7. The summed E-state index contributed by atoms with van der Waals surface area (Å²) < 4.78 is 9.93. The molecule has 0 unspecified atom stereocenters. The Hall–Kier alpha value is -2.12. The van der Waals surface area contributed by atoms with E-state index in [0.717, 1.165) is 11.3 Å². The van der Waals surface area contributed by atoms with E-state index < -0.39 is 6.10 Å². The molecule has 1 aliphatic heterocycles. The number of hydrogen-bond acceptors (Lipinski definition) is 5. The van der Waals surface area contributed by atoms with Gasteiger partial charge < -0.3 is 24.8 Å². The Kier molecular flexibility index (Phi) is 7.21. The Morgan fingerprint density at radius 1 is 1.28 bits per heavy atom. The van der Waals surface area contributed by atoms with Crippen molar-refractivity contribution in [1.82, 2.24) is 10.2 Å². The molecular formula is C18H26N2O5. The van der Waals surface area contributed by atoms with E-state index in [0.29, 0.717) is 25.8 Å². The average Bonchev–Trinajstić information content (AvgIpc) is 2.62. The number of amides is 2. The third kappa shape index (κ3) is 5.72. The Balaban J connectivity index is 1.75. The maximum absolute atomic E-state index is 12.1. The van der Waals surface area contributed by atoms with Gasteiger partial charge in [-0.25, -0.2) is 0 Å². The number of aliphatic hydroxyl groups is 1. The first kappa shape index (κ1) is 19.2. The summed E-state index contributed by atoms with van der Waals surface area (Å²) in [6.07, 6.45) is 0.739. The van der Waals surface area contributed by atoms with Crippen molar-refractivity contribution < 1.29 is 24.2 Å². The summed E-state index contributed by atoms with van der Waals surface area (Å²) >= 11 is 0. The molecule has 0 spiro atoms. The van der Waals surface area contributed by atoms with Crippen LogP contribution in [0.3, 0.4) is 0 Å². The van der Waals surface area contributed by atoms with Crippen LogP contribution < -0.4 is 10.1 Å². The second-order valence-corrected chi connectivity index (χ2v) is 6.15. The molecule has 7 nitrogen and oxygen atoms in total. The number of hydrogen-bond donors (Lipinski definition) is 2. The molecule has 0 aromatic heterocycles. The fraction of sp³-hybridized carbons (Fsp3) is 0.556. The fourth-order valence-corrected chi connectivity index (χ4v) is 2.87. The topological polar surface area (TPSA) is 88.1 Å². The summed E-state index contributed by atoms with van der Waals surface area (Å²) in [6, 6.07) is 7.27. The minimum atomic E-state index is -0.764. The summed E-state index contributed by atoms with van der Waals surface area (Å²) in [4.78, 5) is 25.5. The number of carbonyl (C=O) groups is 2. The summed E-state index contributed by atoms with van der Waals surface area (Å²) in [6.45, 7) is 0.722. The number of aliphatic hydroxyl groups excluding tert-OH is 1. The van der Waals surface area contributed by atoms with Crippen LogP contribution in [-0.4, -0.2) is 67.9 Å². The zero-order valence-corrected chi connectivity index (χ0v) is 14.7. The maximum atomic E-state index is 12.1. The molecule has 138 valence electrons. The number of carbonyl (C=O) groups excluding carboxylic acids is 2. The SMILES string of the molecule is COCC(=O)N1CC[C@@H](NC(=O)CCc2ccc(OC)cc2)[C@H](O)C1. The number of nitrogens with zero attached hydrogens (tertiary/aromatic N) is 1. The number of β-amino-alcohol motifs (C(OH)–C–C–N with tert-alkyl or cyclic N) is 1. The van der Waals surface area contributed by atoms with Gasteiger partial charge in [0.05, 0.1) is 19.3 Å². The fourth-order valence-electron chi connectivity index (χ4n) is 2.87. The van der Waals surface area contributed by atoms with Crippen LogP contribution in [0, 0.1) is 0 Å². The quantitative estimate of drug-likeness (QED) is 0.741. The number of ether oxygens (including phenoxy) is 2. The van der Waals surface area contributed by atoms with Gasteiger partial charge in [-0.15, -0.1) is 0 Å². The van der Waals surface area contributed by atoms with Gasteiger partial charge in [0.25, 0.3) is 0 Å². The number of rotatable bonds is 7. The lowest BCUT2D eigenvalue weighted by atomic mass is 10.0. The van der Waals surface area contributed by atoms with Gasteiger partial charge in [0, 0.05) is 26.6 Å². The maximum Gasteiger partial charge on any atom is 0.248 e. The second kappa shape index (κ2) is 9.39. The van der Waals surface area contributed by atoms with E-state index in [-0.39, 0.29) is 31.0 Å². The van der Waals surface area contributed by atoms with E-state index in [9.17, 15) is 14.7 Å².